The molecule has 0 spiro atoms. The van der Waals surface area contributed by atoms with Gasteiger partial charge in [-0.15, -0.1) is 0 Å². The molecule has 0 rings (SSSR count). The maximum Gasteiger partial charge on any atom is 0.109 e. The molecule has 0 aromatic carbocycles. The Morgan fingerprint density at radius 3 is 2.36 bits per heavy atom. The Bertz CT molecular complexity index is 94.9. The number of rotatable bonds is 6. The molecule has 0 fully saturated rings. The van der Waals surface area contributed by atoms with Gasteiger partial charge in [0.15, 0.2) is 0 Å². The number of hydrogen-bond acceptors (Lipinski definition) is 2. The second kappa shape index (κ2) is 6.51. The molecule has 0 saturated heterocycles. The largest absolute Gasteiger partial charge is 0.314 e. The highest BCUT2D eigenvalue weighted by molar-refractivity contribution is 14.1. The lowest BCUT2D eigenvalue weighted by Crippen LogP contribution is -2.23. The minimum atomic E-state index is -0.317. The topological polar surface area (TPSA) is 21.3 Å². The van der Waals surface area contributed by atoms with Gasteiger partial charge in [0.25, 0.3) is 0 Å². The molecule has 0 aromatic rings. The summed E-state index contributed by atoms with van der Waals surface area (Å²) in [6, 6.07) is 0. The minimum Gasteiger partial charge on any atom is -0.314 e. The number of nitrogens with one attached hydrogen (secondary N) is 1. The molecular formula is C7H18INOS. The maximum absolute atomic E-state index is 4.89. The van der Waals surface area contributed by atoms with Gasteiger partial charge in [0, 0.05) is 13.1 Å². The van der Waals surface area contributed by atoms with Crippen LogP contribution in [0, 0.1) is 0 Å². The lowest BCUT2D eigenvalue weighted by molar-refractivity contribution is 0.416. The molecule has 0 atom stereocenters. The summed E-state index contributed by atoms with van der Waals surface area (Å²) in [7, 11) is -0.317. The van der Waals surface area contributed by atoms with E-state index in [1.54, 1.807) is 0 Å². The van der Waals surface area contributed by atoms with E-state index >= 15 is 0 Å². The van der Waals surface area contributed by atoms with Crippen LogP contribution in [0.15, 0.2) is 0 Å². The average Bonchev–Trinajstić information content (AvgIpc) is 1.85. The van der Waals surface area contributed by atoms with Crippen molar-refractivity contribution in [2.24, 2.45) is 0 Å². The summed E-state index contributed by atoms with van der Waals surface area (Å²) in [5.41, 5.74) is 0. The SMILES string of the molecule is CS(C)(C)CCNCCOI. The van der Waals surface area contributed by atoms with Crippen LogP contribution in [0.2, 0.25) is 0 Å². The Hall–Kier alpha value is 1.00. The normalized spacial score (nSPS) is 13.5. The lowest BCUT2D eigenvalue weighted by Gasteiger charge is -2.24. The molecule has 0 aliphatic rings. The van der Waals surface area contributed by atoms with Gasteiger partial charge in [0.05, 0.1) is 6.61 Å². The molecule has 2 nitrogen and oxygen atoms in total. The molecule has 0 heterocycles. The fraction of sp³-hybridized carbons (Fsp3) is 1.00. The van der Waals surface area contributed by atoms with Crippen LogP contribution in [0.3, 0.4) is 0 Å². The Morgan fingerprint density at radius 1 is 1.27 bits per heavy atom. The van der Waals surface area contributed by atoms with E-state index in [1.807, 2.05) is 23.0 Å². The van der Waals surface area contributed by atoms with Crippen LogP contribution in [-0.2, 0) is 3.07 Å². The van der Waals surface area contributed by atoms with Gasteiger partial charge in [-0.2, -0.15) is 0 Å². The fourth-order valence-corrected chi connectivity index (χ4v) is 1.59. The third kappa shape index (κ3) is 11.0. The highest BCUT2D eigenvalue weighted by Gasteiger charge is 2.01. The fourth-order valence-electron chi connectivity index (χ4n) is 0.614. The molecule has 4 heteroatoms. The minimum absolute atomic E-state index is 0.317. The molecular weight excluding hydrogens is 273 g/mol. The van der Waals surface area contributed by atoms with E-state index in [-0.39, 0.29) is 10.0 Å². The van der Waals surface area contributed by atoms with E-state index in [1.165, 1.54) is 5.75 Å². The summed E-state index contributed by atoms with van der Waals surface area (Å²) in [6.07, 6.45) is 7.01. The van der Waals surface area contributed by atoms with E-state index in [2.05, 4.69) is 24.1 Å². The van der Waals surface area contributed by atoms with Crippen molar-refractivity contribution < 1.29 is 3.07 Å². The summed E-state index contributed by atoms with van der Waals surface area (Å²) in [5.74, 6) is 1.30. The van der Waals surface area contributed by atoms with Gasteiger partial charge in [-0.1, -0.05) is 0 Å². The third-order valence-corrected chi connectivity index (χ3v) is 3.12. The highest BCUT2D eigenvalue weighted by Crippen LogP contribution is 2.32. The van der Waals surface area contributed by atoms with Gasteiger partial charge in [-0.05, 0) is 24.5 Å². The summed E-state index contributed by atoms with van der Waals surface area (Å²) in [4.78, 5) is 0. The standard InChI is InChI=1S/C7H18INOS/c1-11(2,3)7-5-9-4-6-10-8/h9H,4-7H2,1-3H3. The van der Waals surface area contributed by atoms with Gasteiger partial charge in [-0.25, -0.2) is 10.0 Å². The Balaban J connectivity index is 3.02. The highest BCUT2D eigenvalue weighted by atomic mass is 127. The van der Waals surface area contributed by atoms with Crippen LogP contribution >= 0.6 is 33.0 Å². The molecule has 0 amide bonds. The second-order valence-electron chi connectivity index (χ2n) is 3.36. The van der Waals surface area contributed by atoms with Crippen molar-refractivity contribution in [1.82, 2.24) is 5.32 Å². The third-order valence-electron chi connectivity index (χ3n) is 1.25. The van der Waals surface area contributed by atoms with Crippen molar-refractivity contribution in [2.75, 3.05) is 44.2 Å². The first-order valence-electron chi connectivity index (χ1n) is 3.66. The summed E-state index contributed by atoms with van der Waals surface area (Å²) < 4.78 is 4.89. The average molecular weight is 291 g/mol. The monoisotopic (exact) mass is 291 g/mol. The first-order chi connectivity index (χ1) is 5.06. The Morgan fingerprint density at radius 2 is 1.91 bits per heavy atom. The van der Waals surface area contributed by atoms with E-state index in [0.717, 1.165) is 19.7 Å². The molecule has 0 unspecified atom stereocenters. The molecule has 0 aromatic heterocycles. The van der Waals surface area contributed by atoms with Crippen molar-refractivity contribution in [3.8, 4) is 0 Å². The Kier molecular flexibility index (Phi) is 7.10. The molecule has 1 N–H and O–H groups in total. The molecule has 0 saturated carbocycles. The van der Waals surface area contributed by atoms with Crippen LogP contribution in [-0.4, -0.2) is 44.2 Å². The summed E-state index contributed by atoms with van der Waals surface area (Å²) >= 11 is 1.92. The van der Waals surface area contributed by atoms with Gasteiger partial charge >= 0.3 is 0 Å². The van der Waals surface area contributed by atoms with Gasteiger partial charge in [0.2, 0.25) is 0 Å². The summed E-state index contributed by atoms with van der Waals surface area (Å²) in [6.45, 7) is 2.90. The number of hydrogen-bond donors (Lipinski definition) is 1. The van der Waals surface area contributed by atoms with Crippen LogP contribution in [0.1, 0.15) is 0 Å². The maximum atomic E-state index is 4.89. The van der Waals surface area contributed by atoms with Crippen molar-refractivity contribution >= 4 is 33.0 Å². The zero-order valence-corrected chi connectivity index (χ0v) is 10.5. The number of halogens is 1. The molecule has 0 aliphatic heterocycles. The van der Waals surface area contributed by atoms with Gasteiger partial charge in [0.1, 0.15) is 23.0 Å². The molecule has 70 valence electrons. The zero-order valence-electron chi connectivity index (χ0n) is 7.52. The van der Waals surface area contributed by atoms with Crippen molar-refractivity contribution in [1.29, 1.82) is 0 Å². The van der Waals surface area contributed by atoms with Crippen LogP contribution < -0.4 is 5.32 Å². The van der Waals surface area contributed by atoms with Crippen molar-refractivity contribution in [2.45, 2.75) is 0 Å². The first kappa shape index (κ1) is 12.0. The van der Waals surface area contributed by atoms with Gasteiger partial charge in [-0.3, -0.25) is 0 Å². The van der Waals surface area contributed by atoms with Crippen LogP contribution in [0.25, 0.3) is 0 Å². The second-order valence-corrected chi connectivity index (χ2v) is 8.57. The predicted molar refractivity (Wildman–Crippen MR) is 63.1 cm³/mol. The van der Waals surface area contributed by atoms with Crippen LogP contribution in [0.4, 0.5) is 0 Å². The summed E-state index contributed by atoms with van der Waals surface area (Å²) in [5, 5.41) is 3.33. The molecule has 0 aliphatic carbocycles. The van der Waals surface area contributed by atoms with Crippen molar-refractivity contribution in [3.63, 3.8) is 0 Å². The molecule has 0 bridgehead atoms. The quantitative estimate of drug-likeness (QED) is 0.593. The molecule has 0 radical (unpaired) electrons. The van der Waals surface area contributed by atoms with E-state index in [4.69, 9.17) is 3.07 Å². The smallest absolute Gasteiger partial charge is 0.109 e. The first-order valence-corrected chi connectivity index (χ1v) is 7.57. The van der Waals surface area contributed by atoms with Gasteiger partial charge < -0.3 is 8.38 Å². The van der Waals surface area contributed by atoms with Crippen molar-refractivity contribution in [3.05, 3.63) is 0 Å². The molecule has 11 heavy (non-hydrogen) atoms. The Labute approximate surface area is 85.5 Å². The van der Waals surface area contributed by atoms with E-state index < -0.39 is 0 Å². The lowest BCUT2D eigenvalue weighted by atomic mass is 10.6. The van der Waals surface area contributed by atoms with E-state index in [9.17, 15) is 0 Å². The van der Waals surface area contributed by atoms with E-state index in [0.29, 0.717) is 0 Å². The predicted octanol–water partition coefficient (Wildman–Crippen LogP) is 1.64. The van der Waals surface area contributed by atoms with Crippen LogP contribution in [0.5, 0.6) is 0 Å². The zero-order chi connectivity index (χ0) is 8.74.